The van der Waals surface area contributed by atoms with E-state index in [1.165, 1.54) is 0 Å². The average molecular weight is 270 g/mol. The molecule has 3 nitrogen and oxygen atoms in total. The summed E-state index contributed by atoms with van der Waals surface area (Å²) >= 11 is 0. The second-order valence-corrected chi connectivity index (χ2v) is 5.16. The molecule has 0 aliphatic heterocycles. The fourth-order valence-electron chi connectivity index (χ4n) is 2.61. The van der Waals surface area contributed by atoms with Crippen LogP contribution in [0.5, 0.6) is 0 Å². The number of hydrogen-bond donors (Lipinski definition) is 0. The summed E-state index contributed by atoms with van der Waals surface area (Å²) in [5.41, 5.74) is 5.02. The zero-order valence-electron chi connectivity index (χ0n) is 12.7. The minimum absolute atomic E-state index is 0.179. The maximum Gasteiger partial charge on any atom is 0.169 e. The van der Waals surface area contributed by atoms with Crippen LogP contribution in [0.1, 0.15) is 46.7 Å². The van der Waals surface area contributed by atoms with Crippen molar-refractivity contribution in [1.82, 2.24) is 9.78 Å². The lowest BCUT2D eigenvalue weighted by molar-refractivity contribution is 0.0989. The van der Waals surface area contributed by atoms with E-state index in [2.05, 4.69) is 25.0 Å². The molecule has 106 valence electrons. The number of carbonyl (C=O) groups excluding carboxylic acids is 1. The lowest BCUT2D eigenvalue weighted by Gasteiger charge is -2.09. The number of rotatable bonds is 5. The van der Waals surface area contributed by atoms with Gasteiger partial charge >= 0.3 is 0 Å². The molecule has 0 spiro atoms. The van der Waals surface area contributed by atoms with Crippen LogP contribution in [0.2, 0.25) is 0 Å². The van der Waals surface area contributed by atoms with Crippen LogP contribution < -0.4 is 0 Å². The predicted molar refractivity (Wildman–Crippen MR) is 81.2 cm³/mol. The van der Waals surface area contributed by atoms with Gasteiger partial charge in [0, 0.05) is 17.8 Å². The van der Waals surface area contributed by atoms with Crippen molar-refractivity contribution in [3.05, 3.63) is 52.3 Å². The third-order valence-corrected chi connectivity index (χ3v) is 3.68. The van der Waals surface area contributed by atoms with Crippen LogP contribution in [-0.2, 0) is 19.4 Å². The SMILES string of the molecule is CCc1cc(CC(=O)c2c(C)cccc2C)n(CC)n1. The Morgan fingerprint density at radius 2 is 1.85 bits per heavy atom. The second kappa shape index (κ2) is 6.04. The van der Waals surface area contributed by atoms with Gasteiger partial charge in [-0.3, -0.25) is 9.48 Å². The lowest BCUT2D eigenvalue weighted by atomic mass is 9.96. The second-order valence-electron chi connectivity index (χ2n) is 5.16. The highest BCUT2D eigenvalue weighted by molar-refractivity contribution is 5.99. The normalized spacial score (nSPS) is 10.8. The largest absolute Gasteiger partial charge is 0.294 e. The standard InChI is InChI=1S/C17H22N2O/c1-5-14-10-15(19(6-2)18-14)11-16(20)17-12(3)8-7-9-13(17)4/h7-10H,5-6,11H2,1-4H3. The first-order chi connectivity index (χ1) is 9.56. The predicted octanol–water partition coefficient (Wildman–Crippen LogP) is 3.51. The molecule has 0 aliphatic carbocycles. The third-order valence-electron chi connectivity index (χ3n) is 3.68. The van der Waals surface area contributed by atoms with E-state index < -0.39 is 0 Å². The molecular weight excluding hydrogens is 248 g/mol. The maximum absolute atomic E-state index is 12.6. The topological polar surface area (TPSA) is 34.9 Å². The lowest BCUT2D eigenvalue weighted by Crippen LogP contribution is -2.12. The van der Waals surface area contributed by atoms with Gasteiger partial charge in [-0.05, 0) is 44.4 Å². The van der Waals surface area contributed by atoms with Crippen LogP contribution in [0.25, 0.3) is 0 Å². The molecule has 1 heterocycles. The maximum atomic E-state index is 12.6. The van der Waals surface area contributed by atoms with Crippen molar-refractivity contribution in [2.75, 3.05) is 0 Å². The summed E-state index contributed by atoms with van der Waals surface area (Å²) in [6.07, 6.45) is 1.32. The summed E-state index contributed by atoms with van der Waals surface area (Å²) < 4.78 is 1.93. The molecule has 3 heteroatoms. The van der Waals surface area contributed by atoms with Crippen molar-refractivity contribution in [2.45, 2.75) is 47.1 Å². The molecule has 0 radical (unpaired) electrons. The Labute approximate surface area is 120 Å². The van der Waals surface area contributed by atoms with E-state index in [1.54, 1.807) is 0 Å². The van der Waals surface area contributed by atoms with Crippen molar-refractivity contribution in [3.8, 4) is 0 Å². The Morgan fingerprint density at radius 3 is 2.40 bits per heavy atom. The zero-order valence-corrected chi connectivity index (χ0v) is 12.7. The molecular formula is C17H22N2O. The molecule has 0 atom stereocenters. The van der Waals surface area contributed by atoms with Crippen LogP contribution in [0.15, 0.2) is 24.3 Å². The van der Waals surface area contributed by atoms with Gasteiger partial charge in [-0.2, -0.15) is 5.10 Å². The first-order valence-corrected chi connectivity index (χ1v) is 7.21. The Morgan fingerprint density at radius 1 is 1.20 bits per heavy atom. The Bertz CT molecular complexity index is 606. The van der Waals surface area contributed by atoms with E-state index >= 15 is 0 Å². The average Bonchev–Trinajstić information content (AvgIpc) is 2.80. The molecule has 0 amide bonds. The fourth-order valence-corrected chi connectivity index (χ4v) is 2.61. The van der Waals surface area contributed by atoms with Gasteiger partial charge in [-0.1, -0.05) is 25.1 Å². The van der Waals surface area contributed by atoms with E-state index in [0.29, 0.717) is 6.42 Å². The van der Waals surface area contributed by atoms with Gasteiger partial charge in [-0.15, -0.1) is 0 Å². The summed E-state index contributed by atoms with van der Waals surface area (Å²) in [6.45, 7) is 8.93. The molecule has 0 N–H and O–H groups in total. The quantitative estimate of drug-likeness (QED) is 0.779. The number of carbonyl (C=O) groups is 1. The number of hydrogen-bond acceptors (Lipinski definition) is 2. The highest BCUT2D eigenvalue weighted by atomic mass is 16.1. The van der Waals surface area contributed by atoms with E-state index in [1.807, 2.05) is 36.7 Å². The molecule has 0 unspecified atom stereocenters. The highest BCUT2D eigenvalue weighted by Gasteiger charge is 2.15. The highest BCUT2D eigenvalue weighted by Crippen LogP contribution is 2.17. The van der Waals surface area contributed by atoms with Crippen LogP contribution in [0, 0.1) is 13.8 Å². The van der Waals surface area contributed by atoms with E-state index in [4.69, 9.17) is 0 Å². The molecule has 0 fully saturated rings. The fraction of sp³-hybridized carbons (Fsp3) is 0.412. The van der Waals surface area contributed by atoms with Gasteiger partial charge in [0.25, 0.3) is 0 Å². The van der Waals surface area contributed by atoms with Gasteiger partial charge in [0.15, 0.2) is 5.78 Å². The van der Waals surface area contributed by atoms with Gasteiger partial charge < -0.3 is 0 Å². The third kappa shape index (κ3) is 2.82. The number of nitrogens with zero attached hydrogens (tertiary/aromatic N) is 2. The van der Waals surface area contributed by atoms with E-state index in [9.17, 15) is 4.79 Å². The number of benzene rings is 1. The number of aromatic nitrogens is 2. The zero-order chi connectivity index (χ0) is 14.7. The van der Waals surface area contributed by atoms with E-state index in [0.717, 1.165) is 41.0 Å². The molecule has 2 aromatic rings. The molecule has 1 aromatic heterocycles. The number of aryl methyl sites for hydroxylation is 4. The summed E-state index contributed by atoms with van der Waals surface area (Å²) in [5, 5.41) is 4.50. The van der Waals surface area contributed by atoms with Crippen molar-refractivity contribution in [2.24, 2.45) is 0 Å². The van der Waals surface area contributed by atoms with Crippen molar-refractivity contribution >= 4 is 5.78 Å². The van der Waals surface area contributed by atoms with Gasteiger partial charge in [-0.25, -0.2) is 0 Å². The van der Waals surface area contributed by atoms with Gasteiger partial charge in [0.1, 0.15) is 0 Å². The first-order valence-electron chi connectivity index (χ1n) is 7.21. The number of Topliss-reactive ketones (excluding diaryl/α,β-unsaturated/α-hetero) is 1. The van der Waals surface area contributed by atoms with Crippen LogP contribution >= 0.6 is 0 Å². The molecule has 0 saturated carbocycles. The molecule has 2 rings (SSSR count). The molecule has 0 aliphatic rings. The van der Waals surface area contributed by atoms with Crippen molar-refractivity contribution in [1.29, 1.82) is 0 Å². The first kappa shape index (κ1) is 14.5. The molecule has 0 bridgehead atoms. The van der Waals surface area contributed by atoms with Crippen molar-refractivity contribution in [3.63, 3.8) is 0 Å². The monoisotopic (exact) mass is 270 g/mol. The van der Waals surface area contributed by atoms with Crippen molar-refractivity contribution < 1.29 is 4.79 Å². The Hall–Kier alpha value is -1.90. The minimum atomic E-state index is 0.179. The van der Waals surface area contributed by atoms with Gasteiger partial charge in [0.05, 0.1) is 12.1 Å². The smallest absolute Gasteiger partial charge is 0.169 e. The molecule has 0 saturated heterocycles. The van der Waals surface area contributed by atoms with Crippen LogP contribution in [0.4, 0.5) is 0 Å². The minimum Gasteiger partial charge on any atom is -0.294 e. The Kier molecular flexibility index (Phi) is 4.38. The summed E-state index contributed by atoms with van der Waals surface area (Å²) in [6, 6.07) is 8.03. The van der Waals surface area contributed by atoms with Crippen LogP contribution in [-0.4, -0.2) is 15.6 Å². The summed E-state index contributed by atoms with van der Waals surface area (Å²) in [7, 11) is 0. The Balaban J connectivity index is 2.30. The molecule has 20 heavy (non-hydrogen) atoms. The summed E-state index contributed by atoms with van der Waals surface area (Å²) in [5.74, 6) is 0.179. The van der Waals surface area contributed by atoms with E-state index in [-0.39, 0.29) is 5.78 Å². The molecule has 1 aromatic carbocycles. The van der Waals surface area contributed by atoms with Gasteiger partial charge in [0.2, 0.25) is 0 Å². The number of ketones is 1. The summed E-state index contributed by atoms with van der Waals surface area (Å²) in [4.78, 5) is 12.6. The van der Waals surface area contributed by atoms with Crippen LogP contribution in [0.3, 0.4) is 0 Å².